The molecular weight excluding hydrogens is 356 g/mol. The molecule has 0 aliphatic carbocycles. The number of benzene rings is 1. The molecule has 0 N–H and O–H groups in total. The monoisotopic (exact) mass is 373 g/mol. The van der Waals surface area contributed by atoms with Crippen molar-refractivity contribution in [2.75, 3.05) is 18.0 Å². The third-order valence-corrected chi connectivity index (χ3v) is 4.82. The summed E-state index contributed by atoms with van der Waals surface area (Å²) in [7, 11) is 0. The Hall–Kier alpha value is -2.02. The third kappa shape index (κ3) is 4.13. The fourth-order valence-electron chi connectivity index (χ4n) is 3.41. The number of anilines is 1. The number of hydrogen-bond acceptors (Lipinski definition) is 5. The minimum atomic E-state index is -0.985. The Balaban J connectivity index is 0.00000210. The maximum atomic E-state index is 13.7. The van der Waals surface area contributed by atoms with E-state index in [1.807, 2.05) is 24.3 Å². The summed E-state index contributed by atoms with van der Waals surface area (Å²) in [6, 6.07) is 12.1. The minimum Gasteiger partial charge on any atom is -0.550 e. The standard InChI is InChI=1S/C20H18FN3O2.Na/c21-16-5-1-3-14(11-16)19-18-15(4-2-8-22-18)12-17(23-19)24-9-6-13(7-10-24)20(25)26;/h1-5,8,11-13H,6-7,9-10H2,(H,25,26);/q;+1/p-1. The van der Waals surface area contributed by atoms with Crippen LogP contribution in [0.15, 0.2) is 48.7 Å². The molecule has 3 heterocycles. The zero-order valence-electron chi connectivity index (χ0n) is 15.1. The number of rotatable bonds is 3. The van der Waals surface area contributed by atoms with Gasteiger partial charge in [0, 0.05) is 42.1 Å². The molecule has 1 fully saturated rings. The molecule has 2 aromatic heterocycles. The second kappa shape index (κ2) is 8.33. The van der Waals surface area contributed by atoms with E-state index in [0.29, 0.717) is 42.7 Å². The van der Waals surface area contributed by atoms with E-state index in [4.69, 9.17) is 4.98 Å². The summed E-state index contributed by atoms with van der Waals surface area (Å²) in [6.45, 7) is 1.19. The largest absolute Gasteiger partial charge is 1.00 e. The van der Waals surface area contributed by atoms with Crippen molar-refractivity contribution in [3.8, 4) is 11.3 Å². The van der Waals surface area contributed by atoms with E-state index in [2.05, 4.69) is 9.88 Å². The topological polar surface area (TPSA) is 69.2 Å². The van der Waals surface area contributed by atoms with Crippen LogP contribution in [0, 0.1) is 11.7 Å². The van der Waals surface area contributed by atoms with Gasteiger partial charge in [-0.3, -0.25) is 4.98 Å². The molecule has 0 amide bonds. The van der Waals surface area contributed by atoms with Gasteiger partial charge in [-0.1, -0.05) is 18.2 Å². The van der Waals surface area contributed by atoms with Crippen LogP contribution >= 0.6 is 0 Å². The number of fused-ring (bicyclic) bond motifs is 1. The van der Waals surface area contributed by atoms with E-state index in [1.165, 1.54) is 12.1 Å². The summed E-state index contributed by atoms with van der Waals surface area (Å²) in [4.78, 5) is 22.3. The van der Waals surface area contributed by atoms with Gasteiger partial charge in [-0.05, 0) is 37.1 Å². The van der Waals surface area contributed by atoms with E-state index in [0.717, 1.165) is 11.2 Å². The number of carboxylic acids is 1. The molecule has 1 aromatic carbocycles. The Labute approximate surface area is 178 Å². The van der Waals surface area contributed by atoms with Gasteiger partial charge >= 0.3 is 29.6 Å². The van der Waals surface area contributed by atoms with Gasteiger partial charge in [-0.15, -0.1) is 0 Å². The molecular formula is C20H17FN3NaO2. The maximum Gasteiger partial charge on any atom is 1.00 e. The summed E-state index contributed by atoms with van der Waals surface area (Å²) in [5.41, 5.74) is 2.01. The van der Waals surface area contributed by atoms with E-state index < -0.39 is 11.9 Å². The van der Waals surface area contributed by atoms with Crippen molar-refractivity contribution in [2.45, 2.75) is 12.8 Å². The Morgan fingerprint density at radius 3 is 2.63 bits per heavy atom. The Morgan fingerprint density at radius 2 is 1.93 bits per heavy atom. The average molecular weight is 373 g/mol. The number of hydrogen-bond donors (Lipinski definition) is 0. The normalized spacial score (nSPS) is 14.8. The van der Waals surface area contributed by atoms with Crippen molar-refractivity contribution in [3.63, 3.8) is 0 Å². The van der Waals surface area contributed by atoms with Gasteiger partial charge in [-0.25, -0.2) is 9.37 Å². The first kappa shape index (κ1) is 19.7. The molecule has 0 radical (unpaired) electrons. The molecule has 27 heavy (non-hydrogen) atoms. The minimum absolute atomic E-state index is 0. The van der Waals surface area contributed by atoms with Crippen LogP contribution in [0.1, 0.15) is 12.8 Å². The van der Waals surface area contributed by atoms with Crippen molar-refractivity contribution < 1.29 is 43.8 Å². The number of carbonyl (C=O) groups excluding carboxylic acids is 1. The smallest absolute Gasteiger partial charge is 0.550 e. The Kier molecular flexibility index (Phi) is 6.09. The van der Waals surface area contributed by atoms with Gasteiger partial charge in [0.15, 0.2) is 0 Å². The summed E-state index contributed by atoms with van der Waals surface area (Å²) in [5, 5.41) is 12.0. The van der Waals surface area contributed by atoms with Gasteiger partial charge in [0.25, 0.3) is 0 Å². The van der Waals surface area contributed by atoms with Crippen molar-refractivity contribution in [2.24, 2.45) is 5.92 Å². The van der Waals surface area contributed by atoms with E-state index >= 15 is 0 Å². The number of aromatic nitrogens is 2. The van der Waals surface area contributed by atoms with Crippen LogP contribution < -0.4 is 39.6 Å². The number of carboxylic acid groups (broad SMARTS) is 1. The van der Waals surface area contributed by atoms with E-state index in [1.54, 1.807) is 12.3 Å². The molecule has 1 saturated heterocycles. The second-order valence-electron chi connectivity index (χ2n) is 6.49. The molecule has 4 rings (SSSR count). The van der Waals surface area contributed by atoms with Crippen molar-refractivity contribution in [3.05, 3.63) is 54.5 Å². The van der Waals surface area contributed by atoms with Gasteiger partial charge < -0.3 is 14.8 Å². The van der Waals surface area contributed by atoms with Crippen LogP contribution in [0.2, 0.25) is 0 Å². The van der Waals surface area contributed by atoms with Gasteiger partial charge in [0.2, 0.25) is 0 Å². The Bertz CT molecular complexity index is 974. The second-order valence-corrected chi connectivity index (χ2v) is 6.49. The first-order valence-electron chi connectivity index (χ1n) is 8.59. The van der Waals surface area contributed by atoms with Crippen LogP contribution in [0.3, 0.4) is 0 Å². The van der Waals surface area contributed by atoms with Gasteiger partial charge in [0.05, 0.1) is 11.2 Å². The summed E-state index contributed by atoms with van der Waals surface area (Å²) in [6.07, 6.45) is 2.76. The van der Waals surface area contributed by atoms with E-state index in [9.17, 15) is 14.3 Å². The van der Waals surface area contributed by atoms with Crippen molar-refractivity contribution >= 4 is 22.7 Å². The molecule has 0 bridgehead atoms. The Morgan fingerprint density at radius 1 is 1.15 bits per heavy atom. The predicted octanol–water partition coefficient (Wildman–Crippen LogP) is -0.594. The fraction of sp³-hybridized carbons (Fsp3) is 0.250. The molecule has 5 nitrogen and oxygen atoms in total. The van der Waals surface area contributed by atoms with Crippen molar-refractivity contribution in [1.29, 1.82) is 0 Å². The van der Waals surface area contributed by atoms with E-state index in [-0.39, 0.29) is 35.4 Å². The SMILES string of the molecule is O=C([O-])C1CCN(c2cc3cccnc3c(-c3cccc(F)c3)n2)CC1.[Na+]. The number of nitrogens with zero attached hydrogens (tertiary/aromatic N) is 3. The zero-order valence-corrected chi connectivity index (χ0v) is 17.1. The van der Waals surface area contributed by atoms with Crippen LogP contribution in [0.4, 0.5) is 10.2 Å². The first-order chi connectivity index (χ1) is 12.6. The number of halogens is 1. The molecule has 0 unspecified atom stereocenters. The van der Waals surface area contributed by atoms with Crippen molar-refractivity contribution in [1.82, 2.24) is 9.97 Å². The molecule has 0 saturated carbocycles. The number of piperidine rings is 1. The molecule has 3 aromatic rings. The molecule has 0 spiro atoms. The van der Waals surface area contributed by atoms with Crippen LogP contribution in [-0.2, 0) is 4.79 Å². The van der Waals surface area contributed by atoms with Crippen LogP contribution in [-0.4, -0.2) is 29.0 Å². The summed E-state index contributed by atoms with van der Waals surface area (Å²) in [5.74, 6) is -0.966. The molecule has 0 atom stereocenters. The number of aliphatic carboxylic acids is 1. The quantitative estimate of drug-likeness (QED) is 0.574. The molecule has 132 valence electrons. The first-order valence-corrected chi connectivity index (χ1v) is 8.59. The molecule has 7 heteroatoms. The predicted molar refractivity (Wildman–Crippen MR) is 94.9 cm³/mol. The molecule has 1 aliphatic rings. The third-order valence-electron chi connectivity index (χ3n) is 4.82. The van der Waals surface area contributed by atoms with Gasteiger partial charge in [0.1, 0.15) is 11.6 Å². The number of carbonyl (C=O) groups is 1. The molecule has 1 aliphatic heterocycles. The summed E-state index contributed by atoms with van der Waals surface area (Å²) >= 11 is 0. The fourth-order valence-corrected chi connectivity index (χ4v) is 3.41. The van der Waals surface area contributed by atoms with Crippen LogP contribution in [0.25, 0.3) is 22.2 Å². The average Bonchev–Trinajstić information content (AvgIpc) is 2.67. The van der Waals surface area contributed by atoms with Gasteiger partial charge in [-0.2, -0.15) is 0 Å². The summed E-state index contributed by atoms with van der Waals surface area (Å²) < 4.78 is 13.7. The maximum absolute atomic E-state index is 13.7. The number of pyridine rings is 2. The zero-order chi connectivity index (χ0) is 18.1. The van der Waals surface area contributed by atoms with Crippen LogP contribution in [0.5, 0.6) is 0 Å².